The number of likely N-dealkylation sites (N-methyl/N-ethyl adjacent to an activating group) is 1. The van der Waals surface area contributed by atoms with Crippen LogP contribution in [-0.2, 0) is 27.3 Å². The molecular formula is C30H33N3O7. The Balaban J connectivity index is 1.49. The standard InChI is InChI=1S/C30H33N3O7/c1-32(2)23-19-11-16-10-15-9-14-5-4-13(12-33(3)17-6-7-17)8-18(14)24(34)20(15)25(35)21(16)27(37)30(19,40)28(38)22(26(23)36)29(31)39/h4-5,8-9,16-17,19,23,34-35,38,40H,6-7,10-12H2,1-3H3,(H2,31,39)/t16-,19-,23-,30-/m0/s1. The molecule has 0 saturated heterocycles. The lowest BCUT2D eigenvalue weighted by Gasteiger charge is -2.50. The molecule has 6 rings (SSSR count). The van der Waals surface area contributed by atoms with Crippen LogP contribution in [0.4, 0.5) is 0 Å². The van der Waals surface area contributed by atoms with Crippen LogP contribution in [0.3, 0.4) is 0 Å². The number of amides is 1. The number of nitrogens with two attached hydrogens (primary N) is 1. The zero-order valence-electron chi connectivity index (χ0n) is 22.6. The first kappa shape index (κ1) is 26.5. The monoisotopic (exact) mass is 547 g/mol. The lowest BCUT2D eigenvalue weighted by molar-refractivity contribution is -0.153. The van der Waals surface area contributed by atoms with Crippen molar-refractivity contribution in [1.82, 2.24) is 9.80 Å². The first-order chi connectivity index (χ1) is 18.9. The first-order valence-electron chi connectivity index (χ1n) is 13.5. The summed E-state index contributed by atoms with van der Waals surface area (Å²) in [5.74, 6) is -6.44. The van der Waals surface area contributed by atoms with Crippen LogP contribution in [0.15, 0.2) is 41.2 Å². The Labute approximate surface area is 231 Å². The quantitative estimate of drug-likeness (QED) is 0.351. The van der Waals surface area contributed by atoms with Crippen LogP contribution in [0.5, 0.6) is 5.75 Å². The van der Waals surface area contributed by atoms with Crippen molar-refractivity contribution in [3.8, 4) is 5.75 Å². The number of primary amides is 1. The number of ketones is 2. The number of benzene rings is 2. The van der Waals surface area contributed by atoms with Gasteiger partial charge in [0.25, 0.3) is 5.91 Å². The Hall–Kier alpha value is -3.73. The van der Waals surface area contributed by atoms with Crippen molar-refractivity contribution in [1.29, 1.82) is 0 Å². The molecule has 2 aromatic rings. The Morgan fingerprint density at radius 3 is 2.42 bits per heavy atom. The molecule has 0 aromatic heterocycles. The fourth-order valence-corrected chi connectivity index (χ4v) is 7.09. The van der Waals surface area contributed by atoms with Crippen molar-refractivity contribution in [2.75, 3.05) is 21.1 Å². The van der Waals surface area contributed by atoms with Crippen LogP contribution in [0.2, 0.25) is 0 Å². The molecule has 0 spiro atoms. The second-order valence-corrected chi connectivity index (χ2v) is 11.9. The highest BCUT2D eigenvalue weighted by Gasteiger charge is 2.64. The minimum atomic E-state index is -2.64. The van der Waals surface area contributed by atoms with E-state index in [0.29, 0.717) is 23.5 Å². The highest BCUT2D eigenvalue weighted by Crippen LogP contribution is 2.53. The maximum absolute atomic E-state index is 14.0. The zero-order valence-corrected chi connectivity index (χ0v) is 22.6. The number of hydrogen-bond donors (Lipinski definition) is 5. The predicted molar refractivity (Wildman–Crippen MR) is 146 cm³/mol. The van der Waals surface area contributed by atoms with E-state index in [1.807, 2.05) is 24.3 Å². The van der Waals surface area contributed by atoms with Gasteiger partial charge in [-0.15, -0.1) is 0 Å². The molecule has 10 nitrogen and oxygen atoms in total. The van der Waals surface area contributed by atoms with E-state index in [9.17, 15) is 34.8 Å². The van der Waals surface area contributed by atoms with Gasteiger partial charge in [-0.1, -0.05) is 18.2 Å². The maximum Gasteiger partial charge on any atom is 0.255 e. The van der Waals surface area contributed by atoms with E-state index >= 15 is 0 Å². The van der Waals surface area contributed by atoms with Crippen LogP contribution < -0.4 is 5.73 Å². The van der Waals surface area contributed by atoms with Crippen molar-refractivity contribution in [3.63, 3.8) is 0 Å². The van der Waals surface area contributed by atoms with Crippen LogP contribution in [0.25, 0.3) is 16.5 Å². The average molecular weight is 548 g/mol. The first-order valence-corrected chi connectivity index (χ1v) is 13.5. The molecule has 210 valence electrons. The van der Waals surface area contributed by atoms with Gasteiger partial charge in [0, 0.05) is 29.5 Å². The van der Waals surface area contributed by atoms with Gasteiger partial charge in [0.15, 0.2) is 11.4 Å². The van der Waals surface area contributed by atoms with Gasteiger partial charge in [0.2, 0.25) is 5.78 Å². The number of aliphatic hydroxyl groups is 3. The summed E-state index contributed by atoms with van der Waals surface area (Å²) in [4.78, 5) is 43.0. The number of carbonyl (C=O) groups excluding carboxylic acids is 3. The Morgan fingerprint density at radius 1 is 1.10 bits per heavy atom. The van der Waals surface area contributed by atoms with Gasteiger partial charge >= 0.3 is 0 Å². The summed E-state index contributed by atoms with van der Waals surface area (Å²) < 4.78 is 0. The van der Waals surface area contributed by atoms with Crippen LogP contribution in [-0.4, -0.2) is 86.5 Å². The summed E-state index contributed by atoms with van der Waals surface area (Å²) >= 11 is 0. The Bertz CT molecular complexity index is 1570. The van der Waals surface area contributed by atoms with Crippen molar-refractivity contribution in [3.05, 3.63) is 57.9 Å². The SMILES string of the molecule is CN(Cc1ccc2cc3c(c(O)c2c1)C(O)=C1C(=O)[C@]2(O)C(O)=C(C(N)=O)C(=O)[C@@H](N(C)C)[C@@H]2C[C@@H]1C3)C1CC1. The van der Waals surface area contributed by atoms with Gasteiger partial charge in [-0.2, -0.15) is 0 Å². The molecule has 10 heteroatoms. The van der Waals surface area contributed by atoms with Gasteiger partial charge in [-0.3, -0.25) is 24.2 Å². The number of carbonyl (C=O) groups is 3. The molecule has 4 aliphatic carbocycles. The molecule has 6 N–H and O–H groups in total. The topological polar surface area (TPSA) is 165 Å². The molecule has 4 aliphatic rings. The number of Topliss-reactive ketones (excluding diaryl/α,β-unsaturated/α-hetero) is 2. The molecule has 2 fully saturated rings. The summed E-state index contributed by atoms with van der Waals surface area (Å²) in [6.45, 7) is 0.707. The Morgan fingerprint density at radius 2 is 1.80 bits per heavy atom. The second kappa shape index (κ2) is 8.89. The van der Waals surface area contributed by atoms with Crippen molar-refractivity contribution in [2.45, 2.75) is 49.9 Å². The molecule has 1 amide bonds. The van der Waals surface area contributed by atoms with Crippen LogP contribution >= 0.6 is 0 Å². The van der Waals surface area contributed by atoms with E-state index < -0.39 is 58.0 Å². The molecule has 0 bridgehead atoms. The molecule has 0 heterocycles. The number of phenols is 1. The fraction of sp³-hybridized carbons (Fsp3) is 0.433. The normalized spacial score (nSPS) is 28.3. The van der Waals surface area contributed by atoms with E-state index in [0.717, 1.165) is 10.9 Å². The molecular weight excluding hydrogens is 514 g/mol. The number of nitrogens with zero attached hydrogens (tertiary/aromatic N) is 2. The van der Waals surface area contributed by atoms with Gasteiger partial charge in [-0.25, -0.2) is 0 Å². The number of aliphatic hydroxyl groups excluding tert-OH is 2. The van der Waals surface area contributed by atoms with Gasteiger partial charge in [0.1, 0.15) is 22.8 Å². The van der Waals surface area contributed by atoms with Crippen LogP contribution in [0.1, 0.15) is 36.0 Å². The van der Waals surface area contributed by atoms with Gasteiger partial charge < -0.3 is 26.2 Å². The highest BCUT2D eigenvalue weighted by molar-refractivity contribution is 6.24. The fourth-order valence-electron chi connectivity index (χ4n) is 7.09. The molecule has 2 aromatic carbocycles. The summed E-state index contributed by atoms with van der Waals surface area (Å²) in [7, 11) is 5.22. The maximum atomic E-state index is 14.0. The molecule has 40 heavy (non-hydrogen) atoms. The summed E-state index contributed by atoms with van der Waals surface area (Å²) in [5, 5.41) is 46.9. The molecule has 0 unspecified atom stereocenters. The third-order valence-corrected chi connectivity index (χ3v) is 9.19. The molecule has 0 radical (unpaired) electrons. The van der Waals surface area contributed by atoms with Gasteiger partial charge in [0.05, 0.1) is 11.6 Å². The van der Waals surface area contributed by atoms with E-state index in [-0.39, 0.29) is 29.7 Å². The summed E-state index contributed by atoms with van der Waals surface area (Å²) in [5.41, 5.74) is 3.51. The summed E-state index contributed by atoms with van der Waals surface area (Å²) in [6, 6.07) is 7.17. The summed E-state index contributed by atoms with van der Waals surface area (Å²) in [6.07, 6.45) is 2.67. The second-order valence-electron chi connectivity index (χ2n) is 11.9. The minimum absolute atomic E-state index is 0.0665. The van der Waals surface area contributed by atoms with Crippen molar-refractivity contribution in [2.24, 2.45) is 17.6 Å². The number of fused-ring (bicyclic) bond motifs is 4. The van der Waals surface area contributed by atoms with Crippen LogP contribution in [0, 0.1) is 11.8 Å². The van der Waals surface area contributed by atoms with E-state index in [2.05, 4.69) is 11.9 Å². The Kier molecular flexibility index (Phi) is 5.89. The lowest BCUT2D eigenvalue weighted by atomic mass is 9.57. The van der Waals surface area contributed by atoms with Crippen molar-refractivity contribution >= 4 is 34.0 Å². The number of aromatic hydroxyl groups is 1. The molecule has 4 atom stereocenters. The number of rotatable bonds is 5. The van der Waals surface area contributed by atoms with E-state index in [1.165, 1.54) is 17.7 Å². The average Bonchev–Trinajstić information content (AvgIpc) is 3.72. The van der Waals surface area contributed by atoms with Crippen molar-refractivity contribution < 1.29 is 34.8 Å². The van der Waals surface area contributed by atoms with E-state index in [4.69, 9.17) is 5.73 Å². The largest absolute Gasteiger partial charge is 0.508 e. The van der Waals surface area contributed by atoms with E-state index in [1.54, 1.807) is 14.1 Å². The van der Waals surface area contributed by atoms with Gasteiger partial charge in [-0.05, 0) is 75.3 Å². The number of hydrogen-bond acceptors (Lipinski definition) is 9. The third kappa shape index (κ3) is 3.63. The number of phenolic OH excluding ortho intramolecular Hbond substituents is 1. The lowest BCUT2D eigenvalue weighted by Crippen LogP contribution is -2.65. The third-order valence-electron chi connectivity index (χ3n) is 9.19. The molecule has 2 saturated carbocycles. The molecule has 0 aliphatic heterocycles. The smallest absolute Gasteiger partial charge is 0.255 e. The predicted octanol–water partition coefficient (Wildman–Crippen LogP) is 1.71. The zero-order chi connectivity index (χ0) is 28.8. The highest BCUT2D eigenvalue weighted by atomic mass is 16.3. The minimum Gasteiger partial charge on any atom is -0.508 e.